The standard InChI is InChI=1S/C9H18N2O2.BrH/c1-5-8(12)13-11-6-7(2)9(3,4)10;/h5,7,11H,1,6,10H2,2-4H3;1H. The van der Waals surface area contributed by atoms with Crippen molar-refractivity contribution in [2.75, 3.05) is 6.54 Å². The Balaban J connectivity index is 0. The molecule has 0 saturated carbocycles. The number of rotatable bonds is 5. The quantitative estimate of drug-likeness (QED) is 0.579. The van der Waals surface area contributed by atoms with Gasteiger partial charge in [-0.25, -0.2) is 4.79 Å². The maximum absolute atomic E-state index is 10.6. The van der Waals surface area contributed by atoms with Crippen molar-refractivity contribution in [2.24, 2.45) is 11.7 Å². The Kier molecular flexibility index (Phi) is 8.00. The molecule has 0 heterocycles. The summed E-state index contributed by atoms with van der Waals surface area (Å²) >= 11 is 0. The number of halogens is 1. The predicted octanol–water partition coefficient (Wildman–Crippen LogP) is 1.17. The van der Waals surface area contributed by atoms with Crippen LogP contribution >= 0.6 is 17.0 Å². The number of hydrogen-bond donors (Lipinski definition) is 2. The van der Waals surface area contributed by atoms with Crippen LogP contribution in [0.25, 0.3) is 0 Å². The fourth-order valence-corrected chi connectivity index (χ4v) is 0.543. The third kappa shape index (κ3) is 7.06. The molecule has 0 aromatic heterocycles. The molecule has 0 aromatic carbocycles. The van der Waals surface area contributed by atoms with Gasteiger partial charge in [-0.3, -0.25) is 0 Å². The summed E-state index contributed by atoms with van der Waals surface area (Å²) in [5.41, 5.74) is 8.09. The summed E-state index contributed by atoms with van der Waals surface area (Å²) < 4.78 is 0. The molecule has 0 saturated heterocycles. The molecule has 14 heavy (non-hydrogen) atoms. The molecule has 1 atom stereocenters. The highest BCUT2D eigenvalue weighted by molar-refractivity contribution is 8.93. The van der Waals surface area contributed by atoms with E-state index in [1.807, 2.05) is 20.8 Å². The van der Waals surface area contributed by atoms with Gasteiger partial charge in [0.15, 0.2) is 0 Å². The van der Waals surface area contributed by atoms with E-state index in [9.17, 15) is 4.79 Å². The highest BCUT2D eigenvalue weighted by atomic mass is 79.9. The molecule has 0 aliphatic carbocycles. The largest absolute Gasteiger partial charge is 0.367 e. The van der Waals surface area contributed by atoms with Crippen LogP contribution in [-0.2, 0) is 9.63 Å². The van der Waals surface area contributed by atoms with E-state index in [4.69, 9.17) is 5.73 Å². The van der Waals surface area contributed by atoms with E-state index in [0.29, 0.717) is 6.54 Å². The van der Waals surface area contributed by atoms with Gasteiger partial charge in [0.2, 0.25) is 0 Å². The van der Waals surface area contributed by atoms with E-state index in [2.05, 4.69) is 16.9 Å². The minimum Gasteiger partial charge on any atom is -0.367 e. The van der Waals surface area contributed by atoms with Gasteiger partial charge in [-0.15, -0.1) is 17.0 Å². The van der Waals surface area contributed by atoms with Gasteiger partial charge < -0.3 is 10.6 Å². The van der Waals surface area contributed by atoms with Gasteiger partial charge in [-0.2, -0.15) is 5.48 Å². The Morgan fingerprint density at radius 3 is 2.57 bits per heavy atom. The molecule has 0 aromatic rings. The lowest BCUT2D eigenvalue weighted by molar-refractivity contribution is -0.145. The first kappa shape index (κ1) is 16.1. The average molecular weight is 267 g/mol. The van der Waals surface area contributed by atoms with Gasteiger partial charge >= 0.3 is 5.97 Å². The van der Waals surface area contributed by atoms with Crippen molar-refractivity contribution in [2.45, 2.75) is 26.3 Å². The number of nitrogens with two attached hydrogens (primary N) is 1. The van der Waals surface area contributed by atoms with Crippen LogP contribution in [0.4, 0.5) is 0 Å². The first-order valence-electron chi connectivity index (χ1n) is 4.23. The molecule has 84 valence electrons. The Labute approximate surface area is 95.6 Å². The first-order valence-corrected chi connectivity index (χ1v) is 4.23. The highest BCUT2D eigenvalue weighted by Crippen LogP contribution is 2.10. The molecule has 0 bridgehead atoms. The Hall–Kier alpha value is -0.390. The van der Waals surface area contributed by atoms with Crippen molar-refractivity contribution in [3.8, 4) is 0 Å². The number of hydrogen-bond acceptors (Lipinski definition) is 4. The molecule has 5 heteroatoms. The number of carbonyl (C=O) groups excluding carboxylic acids is 1. The molecule has 0 radical (unpaired) electrons. The maximum Gasteiger partial charge on any atom is 0.348 e. The van der Waals surface area contributed by atoms with Crippen molar-refractivity contribution in [1.82, 2.24) is 5.48 Å². The second-order valence-corrected chi connectivity index (χ2v) is 3.70. The summed E-state index contributed by atoms with van der Waals surface area (Å²) in [6.45, 7) is 9.63. The lowest BCUT2D eigenvalue weighted by Crippen LogP contribution is -2.44. The summed E-state index contributed by atoms with van der Waals surface area (Å²) in [5, 5.41) is 0. The molecule has 0 amide bonds. The zero-order valence-electron chi connectivity index (χ0n) is 8.87. The van der Waals surface area contributed by atoms with Crippen LogP contribution in [0.15, 0.2) is 12.7 Å². The van der Waals surface area contributed by atoms with Crippen LogP contribution < -0.4 is 11.2 Å². The number of nitrogens with one attached hydrogen (secondary N) is 1. The average Bonchev–Trinajstić information content (AvgIpc) is 2.02. The van der Waals surface area contributed by atoms with E-state index in [0.717, 1.165) is 6.08 Å². The molecule has 1 unspecified atom stereocenters. The van der Waals surface area contributed by atoms with Gasteiger partial charge in [0.25, 0.3) is 0 Å². The smallest absolute Gasteiger partial charge is 0.348 e. The van der Waals surface area contributed by atoms with E-state index >= 15 is 0 Å². The highest BCUT2D eigenvalue weighted by Gasteiger charge is 2.20. The second kappa shape index (κ2) is 6.98. The number of hydroxylamine groups is 1. The minimum absolute atomic E-state index is 0. The zero-order valence-corrected chi connectivity index (χ0v) is 10.6. The fourth-order valence-electron chi connectivity index (χ4n) is 0.543. The lowest BCUT2D eigenvalue weighted by atomic mass is 9.90. The summed E-state index contributed by atoms with van der Waals surface area (Å²) in [5.74, 6) is -0.271. The molecule has 0 rings (SSSR count). The monoisotopic (exact) mass is 266 g/mol. The molecular formula is C9H19BrN2O2. The maximum atomic E-state index is 10.6. The van der Waals surface area contributed by atoms with E-state index in [1.165, 1.54) is 0 Å². The predicted molar refractivity (Wildman–Crippen MR) is 62.0 cm³/mol. The van der Waals surface area contributed by atoms with Crippen molar-refractivity contribution in [1.29, 1.82) is 0 Å². The third-order valence-electron chi connectivity index (χ3n) is 2.00. The van der Waals surface area contributed by atoms with Gasteiger partial charge in [-0.1, -0.05) is 13.5 Å². The summed E-state index contributed by atoms with van der Waals surface area (Å²) in [7, 11) is 0. The van der Waals surface area contributed by atoms with E-state index in [1.54, 1.807) is 0 Å². The molecule has 0 fully saturated rings. The van der Waals surface area contributed by atoms with Crippen LogP contribution in [0, 0.1) is 5.92 Å². The van der Waals surface area contributed by atoms with Crippen LogP contribution in [0.2, 0.25) is 0 Å². The van der Waals surface area contributed by atoms with Crippen molar-refractivity contribution < 1.29 is 9.63 Å². The summed E-state index contributed by atoms with van der Waals surface area (Å²) in [4.78, 5) is 15.2. The van der Waals surface area contributed by atoms with Gasteiger partial charge in [-0.05, 0) is 19.8 Å². The zero-order chi connectivity index (χ0) is 10.5. The Morgan fingerprint density at radius 1 is 1.71 bits per heavy atom. The van der Waals surface area contributed by atoms with Crippen molar-refractivity contribution >= 4 is 23.0 Å². The topological polar surface area (TPSA) is 64.3 Å². The first-order chi connectivity index (χ1) is 5.88. The number of carbonyl (C=O) groups is 1. The molecule has 0 aliphatic heterocycles. The fraction of sp³-hybridized carbons (Fsp3) is 0.667. The van der Waals surface area contributed by atoms with E-state index in [-0.39, 0.29) is 28.4 Å². The minimum atomic E-state index is -0.484. The Morgan fingerprint density at radius 2 is 2.21 bits per heavy atom. The normalized spacial score (nSPS) is 12.6. The van der Waals surface area contributed by atoms with Crippen LogP contribution in [0.5, 0.6) is 0 Å². The molecule has 3 N–H and O–H groups in total. The van der Waals surface area contributed by atoms with Crippen LogP contribution in [0.1, 0.15) is 20.8 Å². The van der Waals surface area contributed by atoms with E-state index < -0.39 is 5.97 Å². The SMILES string of the molecule is Br.C=CC(=O)ONCC(C)C(C)(C)N. The summed E-state index contributed by atoms with van der Waals surface area (Å²) in [6.07, 6.45) is 1.10. The van der Waals surface area contributed by atoms with Crippen LogP contribution in [-0.4, -0.2) is 18.1 Å². The van der Waals surface area contributed by atoms with Gasteiger partial charge in [0.05, 0.1) is 0 Å². The molecule has 4 nitrogen and oxygen atoms in total. The van der Waals surface area contributed by atoms with Gasteiger partial charge in [0, 0.05) is 18.2 Å². The lowest BCUT2D eigenvalue weighted by Gasteiger charge is -2.26. The van der Waals surface area contributed by atoms with Crippen LogP contribution in [0.3, 0.4) is 0 Å². The van der Waals surface area contributed by atoms with Crippen molar-refractivity contribution in [3.63, 3.8) is 0 Å². The molecule has 0 spiro atoms. The van der Waals surface area contributed by atoms with Crippen molar-refractivity contribution in [3.05, 3.63) is 12.7 Å². The van der Waals surface area contributed by atoms with Gasteiger partial charge in [0.1, 0.15) is 0 Å². The Bertz CT molecular complexity index is 190. The second-order valence-electron chi connectivity index (χ2n) is 3.70. The summed E-state index contributed by atoms with van der Waals surface area (Å²) in [6, 6.07) is 0. The molecule has 0 aliphatic rings. The molecular weight excluding hydrogens is 248 g/mol. The third-order valence-corrected chi connectivity index (χ3v) is 2.00.